The number of oxime groups is 1. The molecule has 8 nitrogen and oxygen atoms in total. The molecule has 0 N–H and O–H groups in total. The molecule has 1 amide bonds. The highest BCUT2D eigenvalue weighted by Crippen LogP contribution is 2.37. The Morgan fingerprint density at radius 3 is 2.86 bits per heavy atom. The summed E-state index contributed by atoms with van der Waals surface area (Å²) in [5.74, 6) is 1.11. The number of ether oxygens (including phenoxy) is 2. The number of halogens is 2. The summed E-state index contributed by atoms with van der Waals surface area (Å²) in [6.07, 6.45) is 3.61. The van der Waals surface area contributed by atoms with Crippen LogP contribution in [0.3, 0.4) is 0 Å². The Kier molecular flexibility index (Phi) is 8.12. The van der Waals surface area contributed by atoms with Crippen molar-refractivity contribution in [2.24, 2.45) is 5.16 Å². The average molecular weight is 561 g/mol. The average Bonchev–Trinajstić information content (AvgIpc) is 3.60. The summed E-state index contributed by atoms with van der Waals surface area (Å²) in [6, 6.07) is 8.88. The van der Waals surface area contributed by atoms with Gasteiger partial charge in [-0.05, 0) is 50.1 Å². The van der Waals surface area contributed by atoms with Crippen LogP contribution in [0, 0.1) is 0 Å². The molecule has 5 rings (SSSR count). The third-order valence-electron chi connectivity index (χ3n) is 6.36. The van der Waals surface area contributed by atoms with E-state index in [2.05, 4.69) is 10.1 Å². The molecular weight excluding hydrogens is 535 g/mol. The number of nitrogens with zero attached hydrogens (tertiary/aromatic N) is 4. The summed E-state index contributed by atoms with van der Waals surface area (Å²) >= 11 is 14.1. The van der Waals surface area contributed by atoms with Crippen molar-refractivity contribution in [1.29, 1.82) is 0 Å². The van der Waals surface area contributed by atoms with Gasteiger partial charge >= 0.3 is 0 Å². The minimum Gasteiger partial charge on any atom is -0.488 e. The van der Waals surface area contributed by atoms with Gasteiger partial charge in [0.25, 0.3) is 11.8 Å². The second kappa shape index (κ2) is 11.7. The van der Waals surface area contributed by atoms with Gasteiger partial charge in [-0.3, -0.25) is 4.79 Å². The van der Waals surface area contributed by atoms with Gasteiger partial charge in [0.1, 0.15) is 5.71 Å². The molecule has 4 heterocycles. The van der Waals surface area contributed by atoms with Gasteiger partial charge in [-0.15, -0.1) is 11.3 Å². The lowest BCUT2D eigenvalue weighted by Gasteiger charge is -2.31. The monoisotopic (exact) mass is 560 g/mol. The van der Waals surface area contributed by atoms with E-state index in [1.54, 1.807) is 41.8 Å². The zero-order valence-electron chi connectivity index (χ0n) is 20.2. The molecule has 0 spiro atoms. The number of aromatic nitrogens is 2. The van der Waals surface area contributed by atoms with Gasteiger partial charge in [-0.25, -0.2) is 9.97 Å². The van der Waals surface area contributed by atoms with Crippen LogP contribution in [0.15, 0.2) is 47.1 Å². The van der Waals surface area contributed by atoms with Crippen molar-refractivity contribution < 1.29 is 19.1 Å². The Labute approximate surface area is 229 Å². The topological polar surface area (TPSA) is 86.1 Å². The van der Waals surface area contributed by atoms with E-state index in [9.17, 15) is 4.79 Å². The zero-order valence-corrected chi connectivity index (χ0v) is 22.6. The van der Waals surface area contributed by atoms with Crippen molar-refractivity contribution in [3.05, 3.63) is 68.2 Å². The van der Waals surface area contributed by atoms with E-state index in [0.29, 0.717) is 53.7 Å². The Bertz CT molecular complexity index is 1290. The molecule has 1 fully saturated rings. The smallest absolute Gasteiger partial charge is 0.260 e. The number of likely N-dealkylation sites (tertiary alicyclic amines) is 1. The lowest BCUT2D eigenvalue weighted by atomic mass is 9.97. The fourth-order valence-corrected chi connectivity index (χ4v) is 5.83. The molecule has 1 aromatic carbocycles. The van der Waals surface area contributed by atoms with E-state index in [1.807, 2.05) is 23.3 Å². The number of carbonyl (C=O) groups excluding carboxylic acids is 1. The predicted octanol–water partition coefficient (Wildman–Crippen LogP) is 5.89. The van der Waals surface area contributed by atoms with Gasteiger partial charge in [-0.2, -0.15) is 0 Å². The highest BCUT2D eigenvalue weighted by Gasteiger charge is 2.30. The van der Waals surface area contributed by atoms with Crippen LogP contribution in [0.2, 0.25) is 10.0 Å². The highest BCUT2D eigenvalue weighted by molar-refractivity contribution is 7.10. The summed E-state index contributed by atoms with van der Waals surface area (Å²) in [5, 5.41) is 8.56. The van der Waals surface area contributed by atoms with Crippen molar-refractivity contribution in [1.82, 2.24) is 14.9 Å². The Hall–Kier alpha value is -2.88. The third kappa shape index (κ3) is 6.00. The third-order valence-corrected chi connectivity index (χ3v) is 7.94. The predicted molar refractivity (Wildman–Crippen MR) is 143 cm³/mol. The van der Waals surface area contributed by atoms with Crippen molar-refractivity contribution in [3.8, 4) is 11.6 Å². The van der Waals surface area contributed by atoms with E-state index in [1.165, 1.54) is 0 Å². The standard InChI is InChI=1S/C26H26Cl2N4O4S/c1-2-34-22-4-3-9-29-25(22)35-14-24(33)32-10-7-16(8-11-32)26-30-21(15-37-26)20-13-23(36-31-20)18-12-17(27)5-6-19(18)28/h3-6,9,12,15-16,23H,2,7-8,10-11,13-14H2,1H3. The van der Waals surface area contributed by atoms with Gasteiger partial charge in [0.2, 0.25) is 0 Å². The fourth-order valence-electron chi connectivity index (χ4n) is 4.41. The number of piperidine rings is 1. The van der Waals surface area contributed by atoms with Gasteiger partial charge in [0.05, 0.1) is 17.3 Å². The van der Waals surface area contributed by atoms with Crippen molar-refractivity contribution >= 4 is 46.2 Å². The molecule has 1 atom stereocenters. The van der Waals surface area contributed by atoms with E-state index >= 15 is 0 Å². The van der Waals surface area contributed by atoms with Crippen molar-refractivity contribution in [2.45, 2.75) is 38.2 Å². The maximum atomic E-state index is 12.7. The summed E-state index contributed by atoms with van der Waals surface area (Å²) in [5.41, 5.74) is 2.45. The summed E-state index contributed by atoms with van der Waals surface area (Å²) in [7, 11) is 0. The van der Waals surface area contributed by atoms with Crippen LogP contribution in [-0.2, 0) is 9.63 Å². The molecule has 194 valence electrons. The highest BCUT2D eigenvalue weighted by atomic mass is 35.5. The first kappa shape index (κ1) is 25.8. The normalized spacial score (nSPS) is 17.9. The molecule has 0 aliphatic carbocycles. The second-order valence-corrected chi connectivity index (χ2v) is 10.5. The van der Waals surface area contributed by atoms with Crippen LogP contribution >= 0.6 is 34.5 Å². The molecule has 37 heavy (non-hydrogen) atoms. The molecule has 2 aliphatic heterocycles. The molecular formula is C26H26Cl2N4O4S. The lowest BCUT2D eigenvalue weighted by molar-refractivity contribution is -0.134. The number of pyridine rings is 1. The maximum Gasteiger partial charge on any atom is 0.260 e. The number of carbonyl (C=O) groups is 1. The number of hydrogen-bond acceptors (Lipinski definition) is 8. The van der Waals surface area contributed by atoms with Gasteiger partial charge in [-0.1, -0.05) is 28.4 Å². The Morgan fingerprint density at radius 2 is 2.05 bits per heavy atom. The fraction of sp³-hybridized carbons (Fsp3) is 0.385. The lowest BCUT2D eigenvalue weighted by Crippen LogP contribution is -2.40. The second-order valence-electron chi connectivity index (χ2n) is 8.76. The van der Waals surface area contributed by atoms with Gasteiger partial charge in [0, 0.05) is 52.6 Å². The number of amides is 1. The SMILES string of the molecule is CCOc1cccnc1OCC(=O)N1CCC(c2nc(C3=NOC(c4cc(Cl)ccc4Cl)C3)cs2)CC1. The van der Waals surface area contributed by atoms with Crippen molar-refractivity contribution in [3.63, 3.8) is 0 Å². The molecule has 3 aromatic rings. The van der Waals surface area contributed by atoms with Gasteiger partial charge < -0.3 is 19.2 Å². The molecule has 11 heteroatoms. The van der Waals surface area contributed by atoms with Crippen LogP contribution in [0.1, 0.15) is 54.5 Å². The van der Waals surface area contributed by atoms with E-state index < -0.39 is 0 Å². The van der Waals surface area contributed by atoms with Crippen molar-refractivity contribution in [2.75, 3.05) is 26.3 Å². The summed E-state index contributed by atoms with van der Waals surface area (Å²) < 4.78 is 11.2. The molecule has 0 saturated carbocycles. The molecule has 0 radical (unpaired) electrons. The van der Waals surface area contributed by atoms with Crippen LogP contribution in [0.5, 0.6) is 11.6 Å². The number of rotatable bonds is 8. The first-order valence-corrected chi connectivity index (χ1v) is 13.8. The Balaban J connectivity index is 1.13. The van der Waals surface area contributed by atoms with E-state index in [4.69, 9.17) is 42.5 Å². The van der Waals surface area contributed by atoms with Gasteiger partial charge in [0.15, 0.2) is 18.5 Å². The van der Waals surface area contributed by atoms with Crippen LogP contribution < -0.4 is 9.47 Å². The first-order valence-electron chi connectivity index (χ1n) is 12.1. The number of hydrogen-bond donors (Lipinski definition) is 0. The van der Waals surface area contributed by atoms with E-state index in [0.717, 1.165) is 34.8 Å². The van der Waals surface area contributed by atoms with Crippen LogP contribution in [0.25, 0.3) is 0 Å². The zero-order chi connectivity index (χ0) is 25.8. The number of thiazole rings is 1. The Morgan fingerprint density at radius 1 is 1.22 bits per heavy atom. The molecule has 2 aliphatic rings. The molecule has 0 bridgehead atoms. The maximum absolute atomic E-state index is 12.7. The van der Waals surface area contributed by atoms with E-state index in [-0.39, 0.29) is 18.6 Å². The molecule has 2 aromatic heterocycles. The first-order chi connectivity index (χ1) is 18.0. The minimum absolute atomic E-state index is 0.0606. The van der Waals surface area contributed by atoms with Crippen LogP contribution in [-0.4, -0.2) is 52.8 Å². The summed E-state index contributed by atoms with van der Waals surface area (Å²) in [4.78, 5) is 29.2. The minimum atomic E-state index is -0.279. The van der Waals surface area contributed by atoms with Crippen LogP contribution in [0.4, 0.5) is 0 Å². The quantitative estimate of drug-likeness (QED) is 0.341. The number of benzene rings is 1. The summed E-state index contributed by atoms with van der Waals surface area (Å²) in [6.45, 7) is 3.63. The largest absolute Gasteiger partial charge is 0.488 e. The molecule has 1 unspecified atom stereocenters. The molecule has 1 saturated heterocycles.